The average Bonchev–Trinajstić information content (AvgIpc) is 2.44. The molecule has 0 aliphatic carbocycles. The monoisotopic (exact) mass is 300 g/mol. The lowest BCUT2D eigenvalue weighted by Gasteiger charge is -2.16. The van der Waals surface area contributed by atoms with E-state index in [-0.39, 0.29) is 24.4 Å². The van der Waals surface area contributed by atoms with E-state index in [1.54, 1.807) is 7.11 Å². The van der Waals surface area contributed by atoms with Gasteiger partial charge in [0.25, 0.3) is 0 Å². The fraction of sp³-hybridized carbons (Fsp3) is 0.533. The minimum absolute atomic E-state index is 0. The normalized spacial score (nSPS) is 11.3. The summed E-state index contributed by atoms with van der Waals surface area (Å²) in [4.78, 5) is 11.9. The number of hydrogen-bond acceptors (Lipinski definition) is 3. The van der Waals surface area contributed by atoms with Crippen LogP contribution in [0.25, 0.3) is 0 Å². The van der Waals surface area contributed by atoms with Gasteiger partial charge in [0.05, 0.1) is 13.5 Å². The molecule has 0 heterocycles. The zero-order valence-corrected chi connectivity index (χ0v) is 13.0. The van der Waals surface area contributed by atoms with Crippen LogP contribution in [0.1, 0.15) is 31.7 Å². The number of hydrogen-bond donors (Lipinski definition) is 2. The van der Waals surface area contributed by atoms with Crippen LogP contribution in [0.5, 0.6) is 5.75 Å². The van der Waals surface area contributed by atoms with Gasteiger partial charge in [0.15, 0.2) is 0 Å². The molecule has 1 aromatic carbocycles. The van der Waals surface area contributed by atoms with Crippen molar-refractivity contribution in [2.24, 2.45) is 5.73 Å². The summed E-state index contributed by atoms with van der Waals surface area (Å²) in [6.07, 6.45) is 3.53. The summed E-state index contributed by atoms with van der Waals surface area (Å²) in [5, 5.41) is 2.98. The minimum Gasteiger partial charge on any atom is -0.497 e. The van der Waals surface area contributed by atoms with E-state index in [0.717, 1.165) is 30.6 Å². The summed E-state index contributed by atoms with van der Waals surface area (Å²) in [6, 6.07) is 7.62. The Morgan fingerprint density at radius 3 is 2.50 bits per heavy atom. The molecule has 0 bridgehead atoms. The number of halogens is 1. The highest BCUT2D eigenvalue weighted by atomic mass is 35.5. The summed E-state index contributed by atoms with van der Waals surface area (Å²) in [5.74, 6) is 0.823. The smallest absolute Gasteiger partial charge is 0.224 e. The highest BCUT2D eigenvalue weighted by molar-refractivity contribution is 5.85. The van der Waals surface area contributed by atoms with Crippen molar-refractivity contribution in [3.05, 3.63) is 29.8 Å². The maximum absolute atomic E-state index is 11.9. The Morgan fingerprint density at radius 2 is 2.00 bits per heavy atom. The lowest BCUT2D eigenvalue weighted by atomic mass is 10.1. The van der Waals surface area contributed by atoms with Gasteiger partial charge in [-0.2, -0.15) is 0 Å². The molecule has 0 aliphatic heterocycles. The van der Waals surface area contributed by atoms with E-state index in [1.165, 1.54) is 0 Å². The van der Waals surface area contributed by atoms with Gasteiger partial charge in [-0.05, 0) is 24.1 Å². The van der Waals surface area contributed by atoms with Gasteiger partial charge in [-0.1, -0.05) is 31.9 Å². The molecule has 1 rings (SSSR count). The number of carbonyl (C=O) groups excluding carboxylic acids is 1. The highest BCUT2D eigenvalue weighted by Crippen LogP contribution is 2.11. The molecular formula is C15H25ClN2O2. The van der Waals surface area contributed by atoms with Gasteiger partial charge in [0, 0.05) is 12.6 Å². The zero-order chi connectivity index (χ0) is 14.1. The molecule has 1 aromatic rings. The quantitative estimate of drug-likeness (QED) is 0.774. The SMILES string of the molecule is CCCCC(CN)NC(=O)Cc1ccc(OC)cc1.Cl. The van der Waals surface area contributed by atoms with Crippen molar-refractivity contribution in [2.45, 2.75) is 38.6 Å². The Labute approximate surface area is 127 Å². The van der Waals surface area contributed by atoms with E-state index in [1.807, 2.05) is 24.3 Å². The van der Waals surface area contributed by atoms with Gasteiger partial charge in [-0.3, -0.25) is 4.79 Å². The molecule has 0 saturated carbocycles. The second kappa shape index (κ2) is 10.5. The Balaban J connectivity index is 0.00000361. The van der Waals surface area contributed by atoms with Crippen LogP contribution in [0.2, 0.25) is 0 Å². The Kier molecular flexibility index (Phi) is 9.86. The molecule has 4 nitrogen and oxygen atoms in total. The Hall–Kier alpha value is -1.26. The molecule has 1 atom stereocenters. The van der Waals surface area contributed by atoms with E-state index in [9.17, 15) is 4.79 Å². The van der Waals surface area contributed by atoms with Crippen LogP contribution in [0, 0.1) is 0 Å². The molecule has 0 saturated heterocycles. The maximum atomic E-state index is 11.9. The number of nitrogens with one attached hydrogen (secondary N) is 1. The van der Waals surface area contributed by atoms with Crippen molar-refractivity contribution in [2.75, 3.05) is 13.7 Å². The van der Waals surface area contributed by atoms with Crippen molar-refractivity contribution in [3.8, 4) is 5.75 Å². The first-order valence-corrected chi connectivity index (χ1v) is 6.82. The van der Waals surface area contributed by atoms with Crippen LogP contribution in [-0.2, 0) is 11.2 Å². The Bertz CT molecular complexity index is 382. The molecule has 0 aromatic heterocycles. The molecule has 3 N–H and O–H groups in total. The predicted octanol–water partition coefficient (Wildman–Crippen LogP) is 2.29. The number of unbranched alkanes of at least 4 members (excludes halogenated alkanes) is 1. The number of ether oxygens (including phenoxy) is 1. The van der Waals surface area contributed by atoms with Crippen molar-refractivity contribution in [3.63, 3.8) is 0 Å². The highest BCUT2D eigenvalue weighted by Gasteiger charge is 2.10. The molecular weight excluding hydrogens is 276 g/mol. The van der Waals surface area contributed by atoms with Crippen LogP contribution in [-0.4, -0.2) is 25.6 Å². The van der Waals surface area contributed by atoms with E-state index in [2.05, 4.69) is 12.2 Å². The van der Waals surface area contributed by atoms with Crippen LogP contribution in [0.15, 0.2) is 24.3 Å². The molecule has 20 heavy (non-hydrogen) atoms. The summed E-state index contributed by atoms with van der Waals surface area (Å²) in [6.45, 7) is 2.63. The van der Waals surface area contributed by atoms with Crippen molar-refractivity contribution in [1.29, 1.82) is 0 Å². The maximum Gasteiger partial charge on any atom is 0.224 e. The summed E-state index contributed by atoms with van der Waals surface area (Å²) >= 11 is 0. The van der Waals surface area contributed by atoms with Crippen molar-refractivity contribution >= 4 is 18.3 Å². The number of nitrogens with two attached hydrogens (primary N) is 1. The van der Waals surface area contributed by atoms with Gasteiger partial charge < -0.3 is 15.8 Å². The van der Waals surface area contributed by atoms with Gasteiger partial charge in [-0.15, -0.1) is 12.4 Å². The largest absolute Gasteiger partial charge is 0.497 e. The third kappa shape index (κ3) is 6.78. The first-order chi connectivity index (χ1) is 9.19. The number of amides is 1. The topological polar surface area (TPSA) is 64.3 Å². The van der Waals surface area contributed by atoms with Gasteiger partial charge in [0.2, 0.25) is 5.91 Å². The van der Waals surface area contributed by atoms with E-state index < -0.39 is 0 Å². The lowest BCUT2D eigenvalue weighted by Crippen LogP contribution is -2.40. The first kappa shape index (κ1) is 18.7. The van der Waals surface area contributed by atoms with Crippen LogP contribution >= 0.6 is 12.4 Å². The molecule has 0 radical (unpaired) electrons. The van der Waals surface area contributed by atoms with Gasteiger partial charge in [0.1, 0.15) is 5.75 Å². The molecule has 114 valence electrons. The van der Waals surface area contributed by atoms with Crippen LogP contribution in [0.4, 0.5) is 0 Å². The minimum atomic E-state index is 0. The summed E-state index contributed by atoms with van der Waals surface area (Å²) in [7, 11) is 1.63. The molecule has 1 amide bonds. The fourth-order valence-corrected chi connectivity index (χ4v) is 1.91. The lowest BCUT2D eigenvalue weighted by molar-refractivity contribution is -0.121. The molecule has 5 heteroatoms. The Morgan fingerprint density at radius 1 is 1.35 bits per heavy atom. The fourth-order valence-electron chi connectivity index (χ4n) is 1.91. The number of rotatable bonds is 8. The number of carbonyl (C=O) groups is 1. The molecule has 0 spiro atoms. The third-order valence-corrected chi connectivity index (χ3v) is 3.08. The summed E-state index contributed by atoms with van der Waals surface area (Å²) in [5.41, 5.74) is 6.64. The van der Waals surface area contributed by atoms with Gasteiger partial charge in [-0.25, -0.2) is 0 Å². The number of methoxy groups -OCH3 is 1. The average molecular weight is 301 g/mol. The molecule has 0 fully saturated rings. The predicted molar refractivity (Wildman–Crippen MR) is 84.5 cm³/mol. The second-order valence-corrected chi connectivity index (χ2v) is 4.67. The van der Waals surface area contributed by atoms with E-state index >= 15 is 0 Å². The second-order valence-electron chi connectivity index (χ2n) is 4.67. The third-order valence-electron chi connectivity index (χ3n) is 3.08. The van der Waals surface area contributed by atoms with Crippen molar-refractivity contribution in [1.82, 2.24) is 5.32 Å². The van der Waals surface area contributed by atoms with Gasteiger partial charge >= 0.3 is 0 Å². The zero-order valence-electron chi connectivity index (χ0n) is 12.2. The molecule has 0 aliphatic rings. The van der Waals surface area contributed by atoms with Crippen molar-refractivity contribution < 1.29 is 9.53 Å². The van der Waals surface area contributed by atoms with Crippen LogP contribution in [0.3, 0.4) is 0 Å². The van der Waals surface area contributed by atoms with Crippen LogP contribution < -0.4 is 15.8 Å². The van der Waals surface area contributed by atoms with E-state index in [0.29, 0.717) is 13.0 Å². The first-order valence-electron chi connectivity index (χ1n) is 6.82. The van der Waals surface area contributed by atoms with E-state index in [4.69, 9.17) is 10.5 Å². The number of benzene rings is 1. The summed E-state index contributed by atoms with van der Waals surface area (Å²) < 4.78 is 5.08. The standard InChI is InChI=1S/C15H24N2O2.ClH/c1-3-4-5-13(11-16)17-15(18)10-12-6-8-14(19-2)9-7-12;/h6-9,13H,3-5,10-11,16H2,1-2H3,(H,17,18);1H. The molecule has 1 unspecified atom stereocenters.